The summed E-state index contributed by atoms with van der Waals surface area (Å²) in [6.07, 6.45) is 1.24. The molecule has 3 amide bonds. The van der Waals surface area contributed by atoms with Gasteiger partial charge in [-0.15, -0.1) is 0 Å². The molecule has 30 heavy (non-hydrogen) atoms. The van der Waals surface area contributed by atoms with Gasteiger partial charge >= 0.3 is 0 Å². The summed E-state index contributed by atoms with van der Waals surface area (Å²) in [6.45, 7) is 11.3. The Bertz CT molecular complexity index is 477. The third kappa shape index (κ3) is 16.1. The van der Waals surface area contributed by atoms with Crippen molar-refractivity contribution >= 4 is 17.7 Å². The van der Waals surface area contributed by atoms with E-state index < -0.39 is 0 Å². The number of rotatable bonds is 19. The summed E-state index contributed by atoms with van der Waals surface area (Å²) in [6, 6.07) is 0. The van der Waals surface area contributed by atoms with E-state index in [0.717, 1.165) is 32.7 Å². The van der Waals surface area contributed by atoms with E-state index in [1.54, 1.807) is 7.05 Å². The van der Waals surface area contributed by atoms with Crippen LogP contribution in [0.1, 0.15) is 33.1 Å². The largest absolute Gasteiger partial charge is 0.359 e. The highest BCUT2D eigenvalue weighted by atomic mass is 16.2. The number of carbonyl (C=O) groups excluding carboxylic acids is 3. The Morgan fingerprint density at radius 3 is 1.60 bits per heavy atom. The van der Waals surface area contributed by atoms with Gasteiger partial charge in [0, 0.05) is 98.3 Å². The van der Waals surface area contributed by atoms with Crippen LogP contribution in [0.3, 0.4) is 0 Å². The average molecular weight is 430 g/mol. The van der Waals surface area contributed by atoms with Crippen molar-refractivity contribution in [3.8, 4) is 0 Å². The fourth-order valence-electron chi connectivity index (χ4n) is 2.89. The number of nitrogens with one attached hydrogen (secondary N) is 4. The minimum absolute atomic E-state index is 0.0153. The van der Waals surface area contributed by atoms with Crippen LogP contribution in [0, 0.1) is 0 Å². The fourth-order valence-corrected chi connectivity index (χ4v) is 2.89. The second kappa shape index (κ2) is 19.2. The Hall–Kier alpha value is -1.75. The second-order valence-electron chi connectivity index (χ2n) is 7.05. The first-order valence-electron chi connectivity index (χ1n) is 11.1. The maximum Gasteiger partial charge on any atom is 0.221 e. The Morgan fingerprint density at radius 2 is 1.17 bits per heavy atom. The normalized spacial score (nSPS) is 11.0. The van der Waals surface area contributed by atoms with Crippen molar-refractivity contribution in [2.75, 3.05) is 79.0 Å². The molecule has 176 valence electrons. The van der Waals surface area contributed by atoms with E-state index in [0.29, 0.717) is 58.5 Å². The van der Waals surface area contributed by atoms with Crippen molar-refractivity contribution in [3.05, 3.63) is 0 Å². The van der Waals surface area contributed by atoms with Crippen LogP contribution >= 0.6 is 0 Å². The average Bonchev–Trinajstić information content (AvgIpc) is 2.73. The second-order valence-corrected chi connectivity index (χ2v) is 7.05. The van der Waals surface area contributed by atoms with E-state index >= 15 is 0 Å². The molecule has 0 aliphatic heterocycles. The lowest BCUT2D eigenvalue weighted by molar-refractivity contribution is -0.122. The number of amides is 3. The standard InChI is InChI=1S/C20H43N7O3/c1-4-24-19(29)7-13-26(12-6-18(28)22-3)16-17-27(15-11-23-10-9-21)14-8-20(30)25-5-2/h23H,4-17,21H2,1-3H3,(H,22,28)(H,24,29)(H,25,30). The lowest BCUT2D eigenvalue weighted by Crippen LogP contribution is -2.42. The third-order valence-electron chi connectivity index (χ3n) is 4.65. The first-order valence-corrected chi connectivity index (χ1v) is 11.1. The number of hydrogen-bond acceptors (Lipinski definition) is 7. The van der Waals surface area contributed by atoms with Crippen molar-refractivity contribution in [3.63, 3.8) is 0 Å². The molecule has 0 saturated carbocycles. The molecule has 0 heterocycles. The highest BCUT2D eigenvalue weighted by Crippen LogP contribution is 1.99. The number of nitrogens with two attached hydrogens (primary N) is 1. The monoisotopic (exact) mass is 429 g/mol. The van der Waals surface area contributed by atoms with Crippen LogP contribution in [-0.4, -0.2) is 107 Å². The summed E-state index contributed by atoms with van der Waals surface area (Å²) in [5.41, 5.74) is 5.52. The van der Waals surface area contributed by atoms with E-state index in [9.17, 15) is 14.4 Å². The Morgan fingerprint density at radius 1 is 0.700 bits per heavy atom. The van der Waals surface area contributed by atoms with E-state index in [1.165, 1.54) is 0 Å². The lowest BCUT2D eigenvalue weighted by atomic mass is 10.3. The topological polar surface area (TPSA) is 132 Å². The van der Waals surface area contributed by atoms with Crippen molar-refractivity contribution < 1.29 is 14.4 Å². The molecular weight excluding hydrogens is 386 g/mol. The Balaban J connectivity index is 4.72. The van der Waals surface area contributed by atoms with Gasteiger partial charge in [0.2, 0.25) is 17.7 Å². The molecule has 0 fully saturated rings. The molecule has 0 rings (SSSR count). The summed E-state index contributed by atoms with van der Waals surface area (Å²) in [5, 5.41) is 11.6. The Kier molecular flexibility index (Phi) is 18.1. The zero-order valence-corrected chi connectivity index (χ0v) is 19.1. The van der Waals surface area contributed by atoms with Gasteiger partial charge in [0.15, 0.2) is 0 Å². The zero-order chi connectivity index (χ0) is 22.6. The highest BCUT2D eigenvalue weighted by Gasteiger charge is 2.13. The van der Waals surface area contributed by atoms with E-state index in [4.69, 9.17) is 5.73 Å². The number of carbonyl (C=O) groups is 3. The molecule has 0 bridgehead atoms. The summed E-state index contributed by atoms with van der Waals surface area (Å²) < 4.78 is 0. The molecule has 10 heteroatoms. The summed E-state index contributed by atoms with van der Waals surface area (Å²) in [5.74, 6) is 0.0451. The summed E-state index contributed by atoms with van der Waals surface area (Å²) >= 11 is 0. The van der Waals surface area contributed by atoms with Crippen LogP contribution in [0.25, 0.3) is 0 Å². The van der Waals surface area contributed by atoms with Gasteiger partial charge in [0.1, 0.15) is 0 Å². The van der Waals surface area contributed by atoms with Crippen LogP contribution in [0.4, 0.5) is 0 Å². The minimum Gasteiger partial charge on any atom is -0.359 e. The number of hydrogen-bond donors (Lipinski definition) is 5. The molecule has 6 N–H and O–H groups in total. The van der Waals surface area contributed by atoms with E-state index in [1.807, 2.05) is 13.8 Å². The van der Waals surface area contributed by atoms with Gasteiger partial charge in [-0.2, -0.15) is 0 Å². The lowest BCUT2D eigenvalue weighted by Gasteiger charge is -2.27. The molecule has 0 aromatic rings. The van der Waals surface area contributed by atoms with Crippen LogP contribution < -0.4 is 27.0 Å². The molecule has 0 aliphatic carbocycles. The molecule has 0 aromatic heterocycles. The Labute approximate surface area is 181 Å². The predicted molar refractivity (Wildman–Crippen MR) is 120 cm³/mol. The number of nitrogens with zero attached hydrogens (tertiary/aromatic N) is 2. The first-order chi connectivity index (χ1) is 14.5. The van der Waals surface area contributed by atoms with Crippen LogP contribution in [0.5, 0.6) is 0 Å². The van der Waals surface area contributed by atoms with E-state index in [2.05, 4.69) is 31.1 Å². The molecule has 0 aliphatic rings. The smallest absolute Gasteiger partial charge is 0.221 e. The fraction of sp³-hybridized carbons (Fsp3) is 0.850. The van der Waals surface area contributed by atoms with Gasteiger partial charge in [-0.05, 0) is 13.8 Å². The predicted octanol–water partition coefficient (Wildman–Crippen LogP) is -1.67. The van der Waals surface area contributed by atoms with Gasteiger partial charge in [0.05, 0.1) is 0 Å². The molecule has 0 atom stereocenters. The maximum atomic E-state index is 11.8. The molecule has 0 radical (unpaired) electrons. The van der Waals surface area contributed by atoms with Crippen molar-refractivity contribution in [2.45, 2.75) is 33.1 Å². The van der Waals surface area contributed by atoms with Gasteiger partial charge in [-0.25, -0.2) is 0 Å². The summed E-state index contributed by atoms with van der Waals surface area (Å²) in [7, 11) is 1.62. The summed E-state index contributed by atoms with van der Waals surface area (Å²) in [4.78, 5) is 39.7. The quantitative estimate of drug-likeness (QED) is 0.155. The van der Waals surface area contributed by atoms with Crippen LogP contribution in [0.2, 0.25) is 0 Å². The first kappa shape index (κ1) is 28.2. The SMILES string of the molecule is CCNC(=O)CCN(CCNCCN)CCN(CCC(=O)NC)CCC(=O)NCC. The molecule has 10 nitrogen and oxygen atoms in total. The van der Waals surface area contributed by atoms with Crippen LogP contribution in [0.15, 0.2) is 0 Å². The minimum atomic E-state index is -0.0166. The zero-order valence-electron chi connectivity index (χ0n) is 19.1. The van der Waals surface area contributed by atoms with Crippen molar-refractivity contribution in [2.24, 2.45) is 5.73 Å². The third-order valence-corrected chi connectivity index (χ3v) is 4.65. The van der Waals surface area contributed by atoms with Gasteiger partial charge < -0.3 is 36.8 Å². The van der Waals surface area contributed by atoms with Gasteiger partial charge in [-0.1, -0.05) is 0 Å². The van der Waals surface area contributed by atoms with Crippen molar-refractivity contribution in [1.29, 1.82) is 0 Å². The molecule has 0 saturated heterocycles. The van der Waals surface area contributed by atoms with Crippen molar-refractivity contribution in [1.82, 2.24) is 31.1 Å². The molecule has 0 spiro atoms. The van der Waals surface area contributed by atoms with Gasteiger partial charge in [0.25, 0.3) is 0 Å². The highest BCUT2D eigenvalue weighted by molar-refractivity contribution is 5.76. The van der Waals surface area contributed by atoms with E-state index in [-0.39, 0.29) is 17.7 Å². The molecular formula is C20H43N7O3. The van der Waals surface area contributed by atoms with Gasteiger partial charge in [-0.3, -0.25) is 14.4 Å². The molecule has 0 unspecified atom stereocenters. The van der Waals surface area contributed by atoms with Crippen LogP contribution in [-0.2, 0) is 14.4 Å². The molecule has 0 aromatic carbocycles. The maximum absolute atomic E-state index is 11.8.